The summed E-state index contributed by atoms with van der Waals surface area (Å²) >= 11 is 0. The first-order valence-corrected chi connectivity index (χ1v) is 7.53. The average molecular weight is 295 g/mol. The monoisotopic (exact) mass is 295 g/mol. The number of nitrogens with one attached hydrogen (secondary N) is 2. The highest BCUT2D eigenvalue weighted by atomic mass is 16.5. The van der Waals surface area contributed by atoms with Crippen LogP contribution in [0.1, 0.15) is 17.0 Å². The third-order valence-corrected chi connectivity index (χ3v) is 3.73. The molecule has 1 heterocycles. The van der Waals surface area contributed by atoms with E-state index in [1.165, 1.54) is 11.1 Å². The zero-order chi connectivity index (χ0) is 15.4. The number of imidazole rings is 1. The number of benzene rings is 2. The standard InChI is InChI=1S/C18H21N3O/c1-13-3-5-14(6-4-13)12-19-10-9-18-20-16-8-7-15(22-2)11-17(16)21-18/h3-8,11,19H,9-10,12H2,1-2H3,(H,20,21). The number of aryl methyl sites for hydroxylation is 1. The van der Waals surface area contributed by atoms with Crippen molar-refractivity contribution in [3.63, 3.8) is 0 Å². The summed E-state index contributed by atoms with van der Waals surface area (Å²) in [5, 5.41) is 3.45. The molecule has 3 aromatic rings. The molecule has 22 heavy (non-hydrogen) atoms. The summed E-state index contributed by atoms with van der Waals surface area (Å²) in [6.45, 7) is 3.88. The zero-order valence-electron chi connectivity index (χ0n) is 13.0. The van der Waals surface area contributed by atoms with Gasteiger partial charge in [0.1, 0.15) is 11.6 Å². The Balaban J connectivity index is 1.54. The van der Waals surface area contributed by atoms with Gasteiger partial charge in [0.05, 0.1) is 18.1 Å². The van der Waals surface area contributed by atoms with E-state index >= 15 is 0 Å². The number of rotatable bonds is 6. The Bertz CT molecular complexity index is 747. The maximum Gasteiger partial charge on any atom is 0.121 e. The van der Waals surface area contributed by atoms with E-state index in [1.807, 2.05) is 18.2 Å². The number of aromatic amines is 1. The molecule has 0 atom stereocenters. The highest BCUT2D eigenvalue weighted by molar-refractivity contribution is 5.76. The van der Waals surface area contributed by atoms with Crippen LogP contribution in [0.5, 0.6) is 5.75 Å². The van der Waals surface area contributed by atoms with Gasteiger partial charge in [-0.15, -0.1) is 0 Å². The van der Waals surface area contributed by atoms with E-state index in [0.29, 0.717) is 0 Å². The Hall–Kier alpha value is -2.33. The van der Waals surface area contributed by atoms with Crippen LogP contribution in [0.4, 0.5) is 0 Å². The molecule has 0 saturated carbocycles. The summed E-state index contributed by atoms with van der Waals surface area (Å²) in [7, 11) is 1.67. The van der Waals surface area contributed by atoms with Crippen LogP contribution in [0.3, 0.4) is 0 Å². The van der Waals surface area contributed by atoms with E-state index in [-0.39, 0.29) is 0 Å². The fourth-order valence-electron chi connectivity index (χ4n) is 2.43. The highest BCUT2D eigenvalue weighted by Crippen LogP contribution is 2.18. The van der Waals surface area contributed by atoms with Crippen LogP contribution in [-0.2, 0) is 13.0 Å². The lowest BCUT2D eigenvalue weighted by molar-refractivity contribution is 0.415. The third kappa shape index (κ3) is 3.46. The van der Waals surface area contributed by atoms with Crippen LogP contribution in [0.25, 0.3) is 11.0 Å². The molecule has 3 rings (SSSR count). The summed E-state index contributed by atoms with van der Waals surface area (Å²) in [5.41, 5.74) is 4.60. The normalized spacial score (nSPS) is 11.0. The van der Waals surface area contributed by atoms with Crippen LogP contribution >= 0.6 is 0 Å². The van der Waals surface area contributed by atoms with Gasteiger partial charge in [-0.2, -0.15) is 0 Å². The molecule has 4 nitrogen and oxygen atoms in total. The number of methoxy groups -OCH3 is 1. The lowest BCUT2D eigenvalue weighted by Crippen LogP contribution is -2.17. The Morgan fingerprint density at radius 1 is 1.14 bits per heavy atom. The van der Waals surface area contributed by atoms with Gasteiger partial charge in [0, 0.05) is 25.6 Å². The predicted molar refractivity (Wildman–Crippen MR) is 89.2 cm³/mol. The van der Waals surface area contributed by atoms with Gasteiger partial charge in [-0.25, -0.2) is 4.98 Å². The van der Waals surface area contributed by atoms with Gasteiger partial charge in [-0.05, 0) is 24.6 Å². The number of H-pyrrole nitrogens is 1. The van der Waals surface area contributed by atoms with Crippen molar-refractivity contribution >= 4 is 11.0 Å². The van der Waals surface area contributed by atoms with Gasteiger partial charge in [-0.1, -0.05) is 29.8 Å². The minimum absolute atomic E-state index is 0.847. The van der Waals surface area contributed by atoms with Crippen LogP contribution in [0.2, 0.25) is 0 Å². The Kier molecular flexibility index (Phi) is 4.39. The number of aromatic nitrogens is 2. The van der Waals surface area contributed by atoms with E-state index in [4.69, 9.17) is 4.74 Å². The SMILES string of the molecule is COc1ccc2nc(CCNCc3ccc(C)cc3)[nH]c2c1. The van der Waals surface area contributed by atoms with E-state index < -0.39 is 0 Å². The van der Waals surface area contributed by atoms with Crippen molar-refractivity contribution in [3.8, 4) is 5.75 Å². The first kappa shape index (κ1) is 14.6. The number of hydrogen-bond acceptors (Lipinski definition) is 3. The van der Waals surface area contributed by atoms with Crippen molar-refractivity contribution in [2.45, 2.75) is 19.9 Å². The lowest BCUT2D eigenvalue weighted by atomic mass is 10.1. The fraction of sp³-hybridized carbons (Fsp3) is 0.278. The minimum atomic E-state index is 0.847. The molecule has 0 aliphatic rings. The van der Waals surface area contributed by atoms with Crippen LogP contribution < -0.4 is 10.1 Å². The lowest BCUT2D eigenvalue weighted by Gasteiger charge is -2.04. The van der Waals surface area contributed by atoms with Gasteiger partial charge in [0.25, 0.3) is 0 Å². The van der Waals surface area contributed by atoms with Crippen molar-refractivity contribution in [2.75, 3.05) is 13.7 Å². The molecule has 0 unspecified atom stereocenters. The molecule has 1 aromatic heterocycles. The molecular formula is C18H21N3O. The first-order valence-electron chi connectivity index (χ1n) is 7.53. The Morgan fingerprint density at radius 3 is 2.73 bits per heavy atom. The van der Waals surface area contributed by atoms with Crippen LogP contribution in [-0.4, -0.2) is 23.6 Å². The predicted octanol–water partition coefficient (Wildman–Crippen LogP) is 3.21. The zero-order valence-corrected chi connectivity index (χ0v) is 13.0. The largest absolute Gasteiger partial charge is 0.497 e. The van der Waals surface area contributed by atoms with Crippen LogP contribution in [0.15, 0.2) is 42.5 Å². The van der Waals surface area contributed by atoms with Crippen molar-refractivity contribution < 1.29 is 4.74 Å². The summed E-state index contributed by atoms with van der Waals surface area (Å²) in [6, 6.07) is 14.5. The molecule has 0 spiro atoms. The van der Waals surface area contributed by atoms with Gasteiger partial charge in [0.2, 0.25) is 0 Å². The van der Waals surface area contributed by atoms with Gasteiger partial charge in [-0.3, -0.25) is 0 Å². The quantitative estimate of drug-likeness (QED) is 0.687. The molecule has 0 bridgehead atoms. The summed E-state index contributed by atoms with van der Waals surface area (Å²) < 4.78 is 5.23. The maximum absolute atomic E-state index is 5.23. The molecule has 0 fully saturated rings. The topological polar surface area (TPSA) is 49.9 Å². The van der Waals surface area contributed by atoms with Crippen molar-refractivity contribution in [1.29, 1.82) is 0 Å². The summed E-state index contributed by atoms with van der Waals surface area (Å²) in [5.74, 6) is 1.85. The molecule has 4 heteroatoms. The summed E-state index contributed by atoms with van der Waals surface area (Å²) in [4.78, 5) is 7.94. The number of nitrogens with zero attached hydrogens (tertiary/aromatic N) is 1. The Morgan fingerprint density at radius 2 is 1.95 bits per heavy atom. The highest BCUT2D eigenvalue weighted by Gasteiger charge is 2.03. The molecule has 0 aliphatic heterocycles. The second-order valence-corrected chi connectivity index (χ2v) is 5.48. The van der Waals surface area contributed by atoms with Crippen molar-refractivity contribution in [2.24, 2.45) is 0 Å². The molecule has 0 radical (unpaired) electrons. The Labute approximate surface area is 130 Å². The molecule has 114 valence electrons. The molecule has 0 saturated heterocycles. The molecule has 2 N–H and O–H groups in total. The second kappa shape index (κ2) is 6.62. The van der Waals surface area contributed by atoms with Gasteiger partial charge < -0.3 is 15.0 Å². The van der Waals surface area contributed by atoms with Crippen molar-refractivity contribution in [3.05, 3.63) is 59.4 Å². The molecule has 0 aliphatic carbocycles. The maximum atomic E-state index is 5.23. The number of fused-ring (bicyclic) bond motifs is 1. The fourth-order valence-corrected chi connectivity index (χ4v) is 2.43. The van der Waals surface area contributed by atoms with Gasteiger partial charge >= 0.3 is 0 Å². The molecule has 0 amide bonds. The van der Waals surface area contributed by atoms with E-state index in [9.17, 15) is 0 Å². The van der Waals surface area contributed by atoms with Crippen molar-refractivity contribution in [1.82, 2.24) is 15.3 Å². The average Bonchev–Trinajstić information content (AvgIpc) is 2.95. The van der Waals surface area contributed by atoms with E-state index in [2.05, 4.69) is 46.5 Å². The minimum Gasteiger partial charge on any atom is -0.497 e. The van der Waals surface area contributed by atoms with E-state index in [0.717, 1.165) is 42.1 Å². The molecular weight excluding hydrogens is 274 g/mol. The number of ether oxygens (including phenoxy) is 1. The molecule has 2 aromatic carbocycles. The second-order valence-electron chi connectivity index (χ2n) is 5.48. The first-order chi connectivity index (χ1) is 10.7. The smallest absolute Gasteiger partial charge is 0.121 e. The summed E-state index contributed by atoms with van der Waals surface area (Å²) in [6.07, 6.45) is 0.878. The van der Waals surface area contributed by atoms with E-state index in [1.54, 1.807) is 7.11 Å². The number of hydrogen-bond donors (Lipinski definition) is 2. The van der Waals surface area contributed by atoms with Gasteiger partial charge in [0.15, 0.2) is 0 Å². The third-order valence-electron chi connectivity index (χ3n) is 3.73. The van der Waals surface area contributed by atoms with Crippen LogP contribution in [0, 0.1) is 6.92 Å².